The number of hydrogen-bond acceptors (Lipinski definition) is 5. The van der Waals surface area contributed by atoms with Gasteiger partial charge in [0.05, 0.1) is 6.04 Å². The molecule has 0 bridgehead atoms. The Bertz CT molecular complexity index is 995. The van der Waals surface area contributed by atoms with Crippen LogP contribution in [0.25, 0.3) is 0 Å². The zero-order valence-electron chi connectivity index (χ0n) is 20.0. The molecule has 0 aliphatic carbocycles. The third kappa shape index (κ3) is 6.66. The maximum atomic E-state index is 13.7. The van der Waals surface area contributed by atoms with Crippen LogP contribution in [0.3, 0.4) is 0 Å². The van der Waals surface area contributed by atoms with Crippen LogP contribution in [0.5, 0.6) is 0 Å². The molecule has 3 atom stereocenters. The smallest absolute Gasteiger partial charge is 0.326 e. The number of carbonyl (C=O) groups is 3. The Morgan fingerprint density at radius 3 is 2.43 bits per heavy atom. The number of amides is 2. The summed E-state index contributed by atoms with van der Waals surface area (Å²) < 4.78 is 0. The van der Waals surface area contributed by atoms with Gasteiger partial charge in [0.25, 0.3) is 0 Å². The van der Waals surface area contributed by atoms with Crippen LogP contribution in [0.2, 0.25) is 0 Å². The molecule has 0 saturated carbocycles. The van der Waals surface area contributed by atoms with Gasteiger partial charge in [-0.15, -0.1) is 0 Å². The number of pyridine rings is 1. The molecule has 8 heteroatoms. The largest absolute Gasteiger partial charge is 0.480 e. The number of nitrogens with one attached hydrogen (secondary N) is 1. The molecule has 2 aromatic rings. The van der Waals surface area contributed by atoms with Crippen LogP contribution < -0.4 is 5.32 Å². The van der Waals surface area contributed by atoms with Crippen LogP contribution in [-0.2, 0) is 27.3 Å². The van der Waals surface area contributed by atoms with Crippen molar-refractivity contribution in [1.29, 1.82) is 0 Å². The quantitative estimate of drug-likeness (QED) is 0.544. The van der Waals surface area contributed by atoms with Crippen LogP contribution in [0.15, 0.2) is 54.9 Å². The van der Waals surface area contributed by atoms with Gasteiger partial charge in [-0.2, -0.15) is 0 Å². The SMILES string of the molecule is O=C(O)[C@@H]1C[C@@H](Cc2ccncc2)CN1C(=O)[C@@H](CCC(=O)N1CCCC1)NCc1ccccc1. The number of nitrogens with zero attached hydrogens (tertiary/aromatic N) is 3. The summed E-state index contributed by atoms with van der Waals surface area (Å²) in [5.74, 6) is -1.10. The van der Waals surface area contributed by atoms with Gasteiger partial charge < -0.3 is 20.2 Å². The lowest BCUT2D eigenvalue weighted by atomic mass is 9.97. The number of hydrogen-bond donors (Lipinski definition) is 2. The van der Waals surface area contributed by atoms with E-state index in [0.29, 0.717) is 32.4 Å². The Labute approximate surface area is 206 Å². The Morgan fingerprint density at radius 1 is 1.03 bits per heavy atom. The number of rotatable bonds is 10. The highest BCUT2D eigenvalue weighted by Gasteiger charge is 2.41. The molecule has 2 saturated heterocycles. The molecular formula is C27H34N4O4. The van der Waals surface area contributed by atoms with Gasteiger partial charge in [0.1, 0.15) is 6.04 Å². The van der Waals surface area contributed by atoms with Crippen LogP contribution >= 0.6 is 0 Å². The Hall–Kier alpha value is -3.26. The fraction of sp³-hybridized carbons (Fsp3) is 0.481. The van der Waals surface area contributed by atoms with Gasteiger partial charge in [-0.05, 0) is 61.3 Å². The second-order valence-electron chi connectivity index (χ2n) is 9.55. The lowest BCUT2D eigenvalue weighted by Gasteiger charge is -2.28. The van der Waals surface area contributed by atoms with Crippen molar-refractivity contribution in [3.8, 4) is 0 Å². The highest BCUT2D eigenvalue weighted by atomic mass is 16.4. The van der Waals surface area contributed by atoms with Crippen molar-refractivity contribution < 1.29 is 19.5 Å². The molecule has 2 aliphatic heterocycles. The first-order valence-corrected chi connectivity index (χ1v) is 12.5. The van der Waals surface area contributed by atoms with Crippen molar-refractivity contribution in [3.63, 3.8) is 0 Å². The van der Waals surface area contributed by atoms with E-state index in [1.165, 1.54) is 4.90 Å². The van der Waals surface area contributed by atoms with Gasteiger partial charge in [-0.25, -0.2) is 4.79 Å². The Kier molecular flexibility index (Phi) is 8.47. The molecule has 0 radical (unpaired) electrons. The number of likely N-dealkylation sites (tertiary alicyclic amines) is 2. The van der Waals surface area contributed by atoms with E-state index in [4.69, 9.17) is 0 Å². The lowest BCUT2D eigenvalue weighted by molar-refractivity contribution is -0.149. The van der Waals surface area contributed by atoms with Gasteiger partial charge in [0.15, 0.2) is 0 Å². The molecule has 1 aromatic heterocycles. The molecular weight excluding hydrogens is 444 g/mol. The second-order valence-corrected chi connectivity index (χ2v) is 9.55. The van der Waals surface area contributed by atoms with Gasteiger partial charge >= 0.3 is 5.97 Å². The van der Waals surface area contributed by atoms with Gasteiger partial charge in [-0.1, -0.05) is 30.3 Å². The average molecular weight is 479 g/mol. The summed E-state index contributed by atoms with van der Waals surface area (Å²) in [6.07, 6.45) is 7.22. The summed E-state index contributed by atoms with van der Waals surface area (Å²) >= 11 is 0. The lowest BCUT2D eigenvalue weighted by Crippen LogP contribution is -2.50. The molecule has 1 aromatic carbocycles. The molecule has 4 rings (SSSR count). The van der Waals surface area contributed by atoms with Crippen molar-refractivity contribution in [2.45, 2.75) is 57.2 Å². The topological polar surface area (TPSA) is 103 Å². The molecule has 2 N–H and O–H groups in total. The average Bonchev–Trinajstić information content (AvgIpc) is 3.56. The highest BCUT2D eigenvalue weighted by molar-refractivity contribution is 5.88. The summed E-state index contributed by atoms with van der Waals surface area (Å²) in [5, 5.41) is 13.2. The van der Waals surface area contributed by atoms with Crippen molar-refractivity contribution in [3.05, 3.63) is 66.0 Å². The Balaban J connectivity index is 1.45. The molecule has 2 amide bonds. The van der Waals surface area contributed by atoms with E-state index in [1.807, 2.05) is 47.4 Å². The number of aliphatic carboxylic acids is 1. The van der Waals surface area contributed by atoms with Crippen molar-refractivity contribution in [2.24, 2.45) is 5.92 Å². The minimum atomic E-state index is -0.981. The predicted molar refractivity (Wildman–Crippen MR) is 131 cm³/mol. The second kappa shape index (κ2) is 11.9. The van der Waals surface area contributed by atoms with E-state index in [0.717, 1.165) is 37.1 Å². The van der Waals surface area contributed by atoms with E-state index in [9.17, 15) is 19.5 Å². The molecule has 8 nitrogen and oxygen atoms in total. The fourth-order valence-corrected chi connectivity index (χ4v) is 5.14. The summed E-state index contributed by atoms with van der Waals surface area (Å²) in [6.45, 7) is 2.42. The van der Waals surface area contributed by atoms with Gasteiger partial charge in [0, 0.05) is 45.0 Å². The van der Waals surface area contributed by atoms with Gasteiger partial charge in [-0.3, -0.25) is 14.6 Å². The van der Waals surface area contributed by atoms with Crippen LogP contribution in [0.4, 0.5) is 0 Å². The molecule has 186 valence electrons. The van der Waals surface area contributed by atoms with Crippen LogP contribution in [-0.4, -0.2) is 69.4 Å². The number of aromatic nitrogens is 1. The van der Waals surface area contributed by atoms with Crippen LogP contribution in [0, 0.1) is 5.92 Å². The number of benzene rings is 1. The maximum Gasteiger partial charge on any atom is 0.326 e. The molecule has 3 heterocycles. The first-order valence-electron chi connectivity index (χ1n) is 12.5. The fourth-order valence-electron chi connectivity index (χ4n) is 5.14. The first kappa shape index (κ1) is 24.9. The van der Waals surface area contributed by atoms with E-state index in [2.05, 4.69) is 10.3 Å². The molecule has 0 unspecified atom stereocenters. The first-order chi connectivity index (χ1) is 17.0. The zero-order valence-corrected chi connectivity index (χ0v) is 20.0. The standard InChI is InChI=1S/C27H34N4O4/c32-25(30-14-4-5-15-30)9-8-23(29-18-21-6-2-1-3-7-21)26(33)31-19-22(17-24(31)27(34)35)16-20-10-12-28-13-11-20/h1-3,6-7,10-13,22-24,29H,4-5,8-9,14-19H2,(H,34,35)/t22-,23-,24+/m1/s1. The highest BCUT2D eigenvalue weighted by Crippen LogP contribution is 2.28. The van der Waals surface area contributed by atoms with Crippen molar-refractivity contribution in [2.75, 3.05) is 19.6 Å². The van der Waals surface area contributed by atoms with E-state index < -0.39 is 18.1 Å². The normalized spacial score (nSPS) is 20.7. The van der Waals surface area contributed by atoms with E-state index >= 15 is 0 Å². The molecule has 35 heavy (non-hydrogen) atoms. The van der Waals surface area contributed by atoms with Crippen LogP contribution in [0.1, 0.15) is 43.2 Å². The maximum absolute atomic E-state index is 13.7. The number of carboxylic acids is 1. The third-order valence-electron chi connectivity index (χ3n) is 7.03. The summed E-state index contributed by atoms with van der Waals surface area (Å²) in [4.78, 5) is 45.8. The van der Waals surface area contributed by atoms with Gasteiger partial charge in [0.2, 0.25) is 11.8 Å². The summed E-state index contributed by atoms with van der Waals surface area (Å²) in [7, 11) is 0. The number of carbonyl (C=O) groups excluding carboxylic acids is 2. The number of carboxylic acid groups (broad SMARTS) is 1. The van der Waals surface area contributed by atoms with Crippen molar-refractivity contribution in [1.82, 2.24) is 20.1 Å². The monoisotopic (exact) mass is 478 g/mol. The van der Waals surface area contributed by atoms with E-state index in [-0.39, 0.29) is 24.2 Å². The van der Waals surface area contributed by atoms with Crippen molar-refractivity contribution >= 4 is 17.8 Å². The molecule has 0 spiro atoms. The minimum absolute atomic E-state index is 0.0588. The van der Waals surface area contributed by atoms with E-state index in [1.54, 1.807) is 12.4 Å². The predicted octanol–water partition coefficient (Wildman–Crippen LogP) is 2.49. The molecule has 2 fully saturated rings. The third-order valence-corrected chi connectivity index (χ3v) is 7.03. The zero-order chi connectivity index (χ0) is 24.6. The minimum Gasteiger partial charge on any atom is -0.480 e. The summed E-state index contributed by atoms with van der Waals surface area (Å²) in [6, 6.07) is 12.1. The molecule has 2 aliphatic rings. The Morgan fingerprint density at radius 2 is 1.74 bits per heavy atom. The summed E-state index contributed by atoms with van der Waals surface area (Å²) in [5.41, 5.74) is 2.11.